The summed E-state index contributed by atoms with van der Waals surface area (Å²) in [5.41, 5.74) is 7.46. The highest BCUT2D eigenvalue weighted by atomic mass is 16.3. The van der Waals surface area contributed by atoms with Gasteiger partial charge in [0.15, 0.2) is 11.8 Å². The van der Waals surface area contributed by atoms with Gasteiger partial charge in [-0.1, -0.05) is 30.3 Å². The third-order valence-electron chi connectivity index (χ3n) is 5.60. The predicted molar refractivity (Wildman–Crippen MR) is 115 cm³/mol. The Balaban J connectivity index is 1.85. The van der Waals surface area contributed by atoms with Crippen molar-refractivity contribution in [3.05, 3.63) is 70.9 Å². The van der Waals surface area contributed by atoms with E-state index >= 15 is 0 Å². The Morgan fingerprint density at radius 1 is 0.929 bits per heavy atom. The molecule has 0 atom stereocenters. The van der Waals surface area contributed by atoms with Crippen molar-refractivity contribution in [1.29, 1.82) is 0 Å². The first-order chi connectivity index (χ1) is 14.6. The van der Waals surface area contributed by atoms with Crippen molar-refractivity contribution in [1.82, 2.24) is 4.98 Å². The minimum absolute atomic E-state index is 0.358. The number of pyridine rings is 2. The van der Waals surface area contributed by atoms with E-state index in [2.05, 4.69) is 37.3 Å². The van der Waals surface area contributed by atoms with E-state index in [1.54, 1.807) is 6.20 Å². The van der Waals surface area contributed by atoms with Gasteiger partial charge in [-0.3, -0.25) is 0 Å². The molecule has 0 aliphatic heterocycles. The number of nitrogens with zero attached hydrogens (tertiary/aromatic N) is 2. The van der Waals surface area contributed by atoms with Crippen molar-refractivity contribution >= 4 is 33.0 Å². The van der Waals surface area contributed by atoms with Gasteiger partial charge in [0.25, 0.3) is 0 Å². The van der Waals surface area contributed by atoms with Gasteiger partial charge >= 0.3 is 0 Å². The third kappa shape index (κ3) is 2.36. The lowest BCUT2D eigenvalue weighted by Crippen LogP contribution is -2.31. The summed E-state index contributed by atoms with van der Waals surface area (Å²) in [5.74, 6) is 0. The van der Waals surface area contributed by atoms with Gasteiger partial charge in [0.1, 0.15) is 7.05 Å². The molecule has 0 amide bonds. The summed E-state index contributed by atoms with van der Waals surface area (Å²) in [5, 5.41) is 3.07. The van der Waals surface area contributed by atoms with E-state index in [0.717, 1.165) is 55.2 Å². The summed E-state index contributed by atoms with van der Waals surface area (Å²) >= 11 is 0. The van der Waals surface area contributed by atoms with E-state index in [9.17, 15) is 0 Å². The van der Waals surface area contributed by atoms with E-state index in [4.69, 9.17) is 13.5 Å². The van der Waals surface area contributed by atoms with E-state index < -0.39 is 6.85 Å². The first kappa shape index (κ1) is 13.9. The van der Waals surface area contributed by atoms with Gasteiger partial charge < -0.3 is 4.42 Å². The number of rotatable bonds is 1. The van der Waals surface area contributed by atoms with Crippen LogP contribution in [0.1, 0.15) is 26.4 Å². The average molecular weight is 370 g/mol. The monoisotopic (exact) mass is 370 g/mol. The third-order valence-corrected chi connectivity index (χ3v) is 5.60. The second-order valence-electron chi connectivity index (χ2n) is 7.59. The largest absolute Gasteiger partial charge is 0.437 e. The number of aromatic nitrogens is 2. The van der Waals surface area contributed by atoms with Crippen molar-refractivity contribution in [2.75, 3.05) is 0 Å². The van der Waals surface area contributed by atoms with E-state index in [0.29, 0.717) is 11.3 Å². The molecule has 3 aromatic heterocycles. The fourth-order valence-electron chi connectivity index (χ4n) is 4.01. The van der Waals surface area contributed by atoms with Crippen LogP contribution < -0.4 is 4.57 Å². The van der Waals surface area contributed by atoms with Crippen LogP contribution in [0.2, 0.25) is 0 Å². The SMILES string of the molecule is [2H]C([2H])([2H])c1c[n+](C)c(-c2c(C)ccc3c2oc2nc4c(C)cccc4cc23)cc1C. The van der Waals surface area contributed by atoms with Gasteiger partial charge in [-0.2, -0.15) is 0 Å². The molecule has 0 N–H and O–H groups in total. The topological polar surface area (TPSA) is 29.9 Å². The lowest BCUT2D eigenvalue weighted by atomic mass is 9.99. The number of hydrogen-bond acceptors (Lipinski definition) is 2. The number of hydrogen-bond donors (Lipinski definition) is 0. The Hall–Kier alpha value is -3.20. The quantitative estimate of drug-likeness (QED) is 0.346. The van der Waals surface area contributed by atoms with Gasteiger partial charge in [0.05, 0.1) is 11.1 Å². The minimum Gasteiger partial charge on any atom is -0.437 e. The van der Waals surface area contributed by atoms with E-state index in [1.165, 1.54) is 0 Å². The summed E-state index contributed by atoms with van der Waals surface area (Å²) in [6, 6.07) is 14.4. The standard InChI is InChI=1S/C25H23N2O/c1-14-9-10-19-20-12-18-8-6-7-15(2)23(18)26-25(20)28-24(19)22(14)21-11-16(3)17(4)13-27(21)5/h6-13H,1-5H3/q+1/i4D3. The van der Waals surface area contributed by atoms with E-state index in [-0.39, 0.29) is 0 Å². The fraction of sp³-hybridized carbons (Fsp3) is 0.200. The highest BCUT2D eigenvalue weighted by molar-refractivity contribution is 6.11. The Labute approximate surface area is 168 Å². The number of aryl methyl sites for hydroxylation is 5. The zero-order valence-electron chi connectivity index (χ0n) is 19.4. The van der Waals surface area contributed by atoms with Gasteiger partial charge in [0.2, 0.25) is 11.4 Å². The molecule has 0 bridgehead atoms. The normalized spacial score (nSPS) is 13.8. The molecular weight excluding hydrogens is 344 g/mol. The maximum absolute atomic E-state index is 7.81. The van der Waals surface area contributed by atoms with E-state index in [1.807, 2.05) is 37.6 Å². The molecule has 3 heteroatoms. The average Bonchev–Trinajstić information content (AvgIpc) is 3.05. The lowest BCUT2D eigenvalue weighted by molar-refractivity contribution is -0.660. The highest BCUT2D eigenvalue weighted by Gasteiger charge is 2.22. The zero-order valence-corrected chi connectivity index (χ0v) is 16.4. The number of furan rings is 1. The molecule has 5 rings (SSSR count). The summed E-state index contributed by atoms with van der Waals surface area (Å²) in [7, 11) is 1.88. The summed E-state index contributed by atoms with van der Waals surface area (Å²) in [6.07, 6.45) is 1.70. The van der Waals surface area contributed by atoms with Crippen LogP contribution in [0, 0.1) is 27.6 Å². The molecule has 0 aliphatic rings. The molecule has 138 valence electrons. The summed E-state index contributed by atoms with van der Waals surface area (Å²) in [6.45, 7) is 3.79. The molecule has 0 spiro atoms. The lowest BCUT2D eigenvalue weighted by Gasteiger charge is -2.07. The van der Waals surface area contributed by atoms with Crippen LogP contribution in [0.25, 0.3) is 44.2 Å². The van der Waals surface area contributed by atoms with Crippen LogP contribution in [-0.4, -0.2) is 4.98 Å². The summed E-state index contributed by atoms with van der Waals surface area (Å²) < 4.78 is 31.7. The van der Waals surface area contributed by atoms with Gasteiger partial charge in [-0.15, -0.1) is 0 Å². The Morgan fingerprint density at radius 3 is 2.61 bits per heavy atom. The van der Waals surface area contributed by atoms with Crippen LogP contribution in [0.15, 0.2) is 53.1 Å². The maximum atomic E-state index is 7.81. The van der Waals surface area contributed by atoms with Crippen LogP contribution >= 0.6 is 0 Å². The number of benzene rings is 2. The first-order valence-corrected chi connectivity index (χ1v) is 9.38. The first-order valence-electron chi connectivity index (χ1n) is 10.9. The highest BCUT2D eigenvalue weighted by Crippen LogP contribution is 2.37. The molecule has 3 heterocycles. The molecular formula is C25H23N2O+. The molecule has 0 unspecified atom stereocenters. The van der Waals surface area contributed by atoms with Crippen LogP contribution in [-0.2, 0) is 7.05 Å². The summed E-state index contributed by atoms with van der Waals surface area (Å²) in [4.78, 5) is 4.82. The number of fused-ring (bicyclic) bond motifs is 4. The minimum atomic E-state index is -2.15. The Morgan fingerprint density at radius 2 is 1.79 bits per heavy atom. The molecule has 0 fully saturated rings. The molecule has 5 aromatic rings. The second kappa shape index (κ2) is 5.90. The smallest absolute Gasteiger partial charge is 0.227 e. The van der Waals surface area contributed by atoms with Gasteiger partial charge in [-0.05, 0) is 50.4 Å². The van der Waals surface area contributed by atoms with Crippen molar-refractivity contribution < 1.29 is 13.1 Å². The van der Waals surface area contributed by atoms with Crippen LogP contribution in [0.5, 0.6) is 0 Å². The predicted octanol–water partition coefficient (Wildman–Crippen LogP) is 5.86. The maximum Gasteiger partial charge on any atom is 0.227 e. The molecule has 0 saturated heterocycles. The van der Waals surface area contributed by atoms with Crippen molar-refractivity contribution in [2.45, 2.75) is 27.6 Å². The number of para-hydroxylation sites is 1. The van der Waals surface area contributed by atoms with Gasteiger partial charge in [0, 0.05) is 31.9 Å². The molecule has 0 saturated carbocycles. The zero-order chi connectivity index (χ0) is 22.1. The second-order valence-corrected chi connectivity index (χ2v) is 7.59. The molecule has 28 heavy (non-hydrogen) atoms. The Kier molecular flexibility index (Phi) is 2.93. The van der Waals surface area contributed by atoms with Crippen molar-refractivity contribution in [3.63, 3.8) is 0 Å². The van der Waals surface area contributed by atoms with Crippen LogP contribution in [0.3, 0.4) is 0 Å². The van der Waals surface area contributed by atoms with Gasteiger partial charge in [-0.25, -0.2) is 9.55 Å². The molecule has 3 nitrogen and oxygen atoms in total. The molecule has 0 radical (unpaired) electrons. The van der Waals surface area contributed by atoms with Crippen LogP contribution in [0.4, 0.5) is 0 Å². The Bertz CT molecular complexity index is 1510. The fourth-order valence-corrected chi connectivity index (χ4v) is 4.01. The van der Waals surface area contributed by atoms with Crippen molar-refractivity contribution in [2.24, 2.45) is 7.05 Å². The molecule has 0 aliphatic carbocycles. The molecule has 2 aromatic carbocycles. The van der Waals surface area contributed by atoms with Crippen molar-refractivity contribution in [3.8, 4) is 11.3 Å².